The van der Waals surface area contributed by atoms with Crippen LogP contribution >= 0.6 is 15.9 Å². The van der Waals surface area contributed by atoms with Crippen molar-refractivity contribution in [3.8, 4) is 0 Å². The molecule has 0 radical (unpaired) electrons. The molecular weight excluding hydrogens is 404 g/mol. The zero-order chi connectivity index (χ0) is 19.8. The third kappa shape index (κ3) is 6.51. The number of carbonyl (C=O) groups excluding carboxylic acids is 2. The number of amides is 2. The first-order valence-electron chi connectivity index (χ1n) is 9.29. The van der Waals surface area contributed by atoms with Crippen molar-refractivity contribution in [1.82, 2.24) is 10.2 Å². The first kappa shape index (κ1) is 21.2. The predicted octanol–water partition coefficient (Wildman–Crippen LogP) is 4.32. The summed E-state index contributed by atoms with van der Waals surface area (Å²) < 4.78 is 0.982. The molecule has 2 rings (SSSR count). The standard InChI is InChI=1S/C22H27BrN2O2/c1-4-16(2)24-22(27)17(3)25(15-19-10-12-20(23)13-11-19)21(26)14-18-8-6-5-7-9-18/h5-13,16-17H,4,14-15H2,1-3H3,(H,24,27). The van der Waals surface area contributed by atoms with Crippen molar-refractivity contribution < 1.29 is 9.59 Å². The zero-order valence-electron chi connectivity index (χ0n) is 16.1. The van der Waals surface area contributed by atoms with Crippen LogP contribution in [0.25, 0.3) is 0 Å². The fourth-order valence-corrected chi connectivity index (χ4v) is 2.97. The summed E-state index contributed by atoms with van der Waals surface area (Å²) in [5, 5.41) is 2.98. The molecule has 2 unspecified atom stereocenters. The normalized spacial score (nSPS) is 12.9. The molecule has 0 saturated carbocycles. The topological polar surface area (TPSA) is 49.4 Å². The maximum atomic E-state index is 13.0. The molecule has 0 aliphatic carbocycles. The van der Waals surface area contributed by atoms with E-state index in [2.05, 4.69) is 21.2 Å². The SMILES string of the molecule is CCC(C)NC(=O)C(C)N(Cc1ccc(Br)cc1)C(=O)Cc1ccccc1. The van der Waals surface area contributed by atoms with E-state index in [0.29, 0.717) is 6.54 Å². The average Bonchev–Trinajstić information content (AvgIpc) is 2.67. The third-order valence-electron chi connectivity index (χ3n) is 4.63. The van der Waals surface area contributed by atoms with Gasteiger partial charge in [0, 0.05) is 17.1 Å². The number of nitrogens with zero attached hydrogens (tertiary/aromatic N) is 1. The molecule has 0 fully saturated rings. The van der Waals surface area contributed by atoms with Gasteiger partial charge >= 0.3 is 0 Å². The summed E-state index contributed by atoms with van der Waals surface area (Å²) in [6, 6.07) is 17.0. The van der Waals surface area contributed by atoms with E-state index in [4.69, 9.17) is 0 Å². The number of benzene rings is 2. The van der Waals surface area contributed by atoms with Crippen molar-refractivity contribution >= 4 is 27.7 Å². The molecule has 2 aromatic carbocycles. The Bertz CT molecular complexity index is 747. The highest BCUT2D eigenvalue weighted by Crippen LogP contribution is 2.15. The molecule has 0 saturated heterocycles. The highest BCUT2D eigenvalue weighted by atomic mass is 79.9. The number of rotatable bonds is 8. The molecule has 2 atom stereocenters. The van der Waals surface area contributed by atoms with Crippen LogP contribution in [-0.2, 0) is 22.6 Å². The van der Waals surface area contributed by atoms with Crippen LogP contribution in [0, 0.1) is 0 Å². The van der Waals surface area contributed by atoms with E-state index < -0.39 is 6.04 Å². The van der Waals surface area contributed by atoms with Crippen molar-refractivity contribution in [2.75, 3.05) is 0 Å². The molecule has 5 heteroatoms. The summed E-state index contributed by atoms with van der Waals surface area (Å²) in [5.41, 5.74) is 1.93. The molecule has 0 aliphatic heterocycles. The molecular formula is C22H27BrN2O2. The smallest absolute Gasteiger partial charge is 0.242 e. The third-order valence-corrected chi connectivity index (χ3v) is 5.16. The average molecular weight is 431 g/mol. The Labute approximate surface area is 170 Å². The first-order chi connectivity index (χ1) is 12.9. The van der Waals surface area contributed by atoms with E-state index in [9.17, 15) is 9.59 Å². The lowest BCUT2D eigenvalue weighted by molar-refractivity contribution is -0.140. The van der Waals surface area contributed by atoms with Crippen LogP contribution in [-0.4, -0.2) is 28.8 Å². The van der Waals surface area contributed by atoms with Gasteiger partial charge in [0.25, 0.3) is 0 Å². The maximum Gasteiger partial charge on any atom is 0.242 e. The molecule has 144 valence electrons. The summed E-state index contributed by atoms with van der Waals surface area (Å²) >= 11 is 3.43. The summed E-state index contributed by atoms with van der Waals surface area (Å²) in [6.45, 7) is 6.18. The van der Waals surface area contributed by atoms with Gasteiger partial charge < -0.3 is 10.2 Å². The Morgan fingerprint density at radius 2 is 1.63 bits per heavy atom. The second kappa shape index (κ2) is 10.3. The van der Waals surface area contributed by atoms with E-state index in [-0.39, 0.29) is 24.3 Å². The highest BCUT2D eigenvalue weighted by Gasteiger charge is 2.26. The Balaban J connectivity index is 2.19. The van der Waals surface area contributed by atoms with Gasteiger partial charge in [-0.05, 0) is 43.5 Å². The molecule has 0 aromatic heterocycles. The molecule has 2 amide bonds. The van der Waals surface area contributed by atoms with E-state index in [0.717, 1.165) is 22.0 Å². The molecule has 0 heterocycles. The van der Waals surface area contributed by atoms with Gasteiger partial charge in [0.15, 0.2) is 0 Å². The van der Waals surface area contributed by atoms with Gasteiger partial charge in [0.1, 0.15) is 6.04 Å². The number of hydrogen-bond acceptors (Lipinski definition) is 2. The van der Waals surface area contributed by atoms with Crippen molar-refractivity contribution in [3.63, 3.8) is 0 Å². The van der Waals surface area contributed by atoms with E-state index in [1.165, 1.54) is 0 Å². The van der Waals surface area contributed by atoms with Crippen molar-refractivity contribution in [2.45, 2.75) is 52.2 Å². The highest BCUT2D eigenvalue weighted by molar-refractivity contribution is 9.10. The van der Waals surface area contributed by atoms with Crippen LogP contribution in [0.5, 0.6) is 0 Å². The van der Waals surface area contributed by atoms with Crippen LogP contribution in [0.4, 0.5) is 0 Å². The minimum absolute atomic E-state index is 0.0593. The monoisotopic (exact) mass is 430 g/mol. The van der Waals surface area contributed by atoms with E-state index in [1.54, 1.807) is 11.8 Å². The van der Waals surface area contributed by atoms with Crippen LogP contribution in [0.3, 0.4) is 0 Å². The predicted molar refractivity (Wildman–Crippen MR) is 112 cm³/mol. The van der Waals surface area contributed by atoms with Crippen molar-refractivity contribution in [2.24, 2.45) is 0 Å². The summed E-state index contributed by atoms with van der Waals surface area (Å²) in [5.74, 6) is -0.182. The minimum atomic E-state index is -0.543. The minimum Gasteiger partial charge on any atom is -0.352 e. The van der Waals surface area contributed by atoms with Gasteiger partial charge in [0.05, 0.1) is 6.42 Å². The molecule has 1 N–H and O–H groups in total. The van der Waals surface area contributed by atoms with Crippen molar-refractivity contribution in [1.29, 1.82) is 0 Å². The van der Waals surface area contributed by atoms with Gasteiger partial charge in [-0.15, -0.1) is 0 Å². The molecule has 4 nitrogen and oxygen atoms in total. The van der Waals surface area contributed by atoms with Crippen LogP contribution in [0.2, 0.25) is 0 Å². The second-order valence-electron chi connectivity index (χ2n) is 6.80. The van der Waals surface area contributed by atoms with Crippen molar-refractivity contribution in [3.05, 3.63) is 70.2 Å². The summed E-state index contributed by atoms with van der Waals surface area (Å²) in [7, 11) is 0. The Morgan fingerprint density at radius 3 is 2.22 bits per heavy atom. The van der Waals surface area contributed by atoms with Crippen LogP contribution in [0.15, 0.2) is 59.1 Å². The zero-order valence-corrected chi connectivity index (χ0v) is 17.7. The Kier molecular flexibility index (Phi) is 8.04. The number of nitrogens with one attached hydrogen (secondary N) is 1. The van der Waals surface area contributed by atoms with Gasteiger partial charge in [0.2, 0.25) is 11.8 Å². The van der Waals surface area contributed by atoms with Crippen LogP contribution < -0.4 is 5.32 Å². The molecule has 27 heavy (non-hydrogen) atoms. The lowest BCUT2D eigenvalue weighted by atomic mass is 10.1. The van der Waals surface area contributed by atoms with Gasteiger partial charge in [-0.3, -0.25) is 9.59 Å². The van der Waals surface area contributed by atoms with E-state index in [1.807, 2.05) is 68.4 Å². The van der Waals surface area contributed by atoms with E-state index >= 15 is 0 Å². The summed E-state index contributed by atoms with van der Waals surface area (Å²) in [6.07, 6.45) is 1.13. The molecule has 0 aliphatic rings. The lowest BCUT2D eigenvalue weighted by Gasteiger charge is -2.30. The number of hydrogen-bond donors (Lipinski definition) is 1. The number of carbonyl (C=O) groups is 2. The van der Waals surface area contributed by atoms with Gasteiger partial charge in [-0.25, -0.2) is 0 Å². The quantitative estimate of drug-likeness (QED) is 0.677. The first-order valence-corrected chi connectivity index (χ1v) is 10.1. The maximum absolute atomic E-state index is 13.0. The Morgan fingerprint density at radius 1 is 1.00 bits per heavy atom. The fraction of sp³-hybridized carbons (Fsp3) is 0.364. The second-order valence-corrected chi connectivity index (χ2v) is 7.72. The fourth-order valence-electron chi connectivity index (χ4n) is 2.71. The Hall–Kier alpha value is -2.14. The lowest BCUT2D eigenvalue weighted by Crippen LogP contribution is -2.49. The van der Waals surface area contributed by atoms with Gasteiger partial charge in [-0.1, -0.05) is 65.3 Å². The van der Waals surface area contributed by atoms with Crippen LogP contribution in [0.1, 0.15) is 38.3 Å². The molecule has 0 bridgehead atoms. The largest absolute Gasteiger partial charge is 0.352 e. The molecule has 0 spiro atoms. The molecule has 2 aromatic rings. The number of halogens is 1. The van der Waals surface area contributed by atoms with Gasteiger partial charge in [-0.2, -0.15) is 0 Å². The summed E-state index contributed by atoms with van der Waals surface area (Å²) in [4.78, 5) is 27.3.